The van der Waals surface area contributed by atoms with E-state index in [0.29, 0.717) is 6.04 Å². The number of ether oxygens (including phenoxy) is 1. The lowest BCUT2D eigenvalue weighted by Crippen LogP contribution is -2.27. The average Bonchev–Trinajstić information content (AvgIpc) is 2.77. The highest BCUT2D eigenvalue weighted by atomic mass is 16.5. The Kier molecular flexibility index (Phi) is 2.54. The Morgan fingerprint density at radius 2 is 2.06 bits per heavy atom. The molecule has 1 saturated heterocycles. The first-order chi connectivity index (χ1) is 7.92. The highest BCUT2D eigenvalue weighted by Gasteiger charge is 2.13. The van der Waals surface area contributed by atoms with E-state index < -0.39 is 0 Å². The monoisotopic (exact) mass is 216 g/mol. The van der Waals surface area contributed by atoms with Crippen LogP contribution in [0.3, 0.4) is 0 Å². The first kappa shape index (κ1) is 9.73. The van der Waals surface area contributed by atoms with Crippen molar-refractivity contribution in [1.82, 2.24) is 4.98 Å². The summed E-state index contributed by atoms with van der Waals surface area (Å²) < 4.78 is 5.35. The van der Waals surface area contributed by atoms with E-state index in [1.165, 1.54) is 16.6 Å². The molecule has 1 fully saturated rings. The number of rotatable bonds is 2. The lowest BCUT2D eigenvalue weighted by molar-refractivity contribution is 0.0904. The first-order valence-electron chi connectivity index (χ1n) is 5.83. The Bertz CT molecular complexity index is 471. The van der Waals surface area contributed by atoms with E-state index in [1.807, 2.05) is 6.20 Å². The zero-order chi connectivity index (χ0) is 10.8. The molecule has 0 spiro atoms. The van der Waals surface area contributed by atoms with Gasteiger partial charge in [0.05, 0.1) is 0 Å². The lowest BCUT2D eigenvalue weighted by atomic mass is 10.1. The van der Waals surface area contributed by atoms with Gasteiger partial charge in [-0.3, -0.25) is 0 Å². The van der Waals surface area contributed by atoms with Gasteiger partial charge in [-0.2, -0.15) is 0 Å². The molecular formula is C13H16N2O. The second-order valence-electron chi connectivity index (χ2n) is 4.31. The molecule has 1 aromatic carbocycles. The van der Waals surface area contributed by atoms with Crippen LogP contribution in [0.25, 0.3) is 10.9 Å². The minimum Gasteiger partial charge on any atom is -0.382 e. The number of benzene rings is 1. The van der Waals surface area contributed by atoms with Crippen LogP contribution in [0.15, 0.2) is 30.5 Å². The van der Waals surface area contributed by atoms with E-state index in [0.717, 1.165) is 26.1 Å². The molecule has 0 radical (unpaired) electrons. The molecule has 0 amide bonds. The van der Waals surface area contributed by atoms with Crippen molar-refractivity contribution in [2.45, 2.75) is 18.9 Å². The van der Waals surface area contributed by atoms with Crippen LogP contribution in [0.2, 0.25) is 0 Å². The zero-order valence-corrected chi connectivity index (χ0v) is 9.20. The molecule has 3 heteroatoms. The first-order valence-corrected chi connectivity index (χ1v) is 5.83. The summed E-state index contributed by atoms with van der Waals surface area (Å²) in [6, 6.07) is 9.11. The number of hydrogen-bond donors (Lipinski definition) is 2. The fraction of sp³-hybridized carbons (Fsp3) is 0.385. The fourth-order valence-electron chi connectivity index (χ4n) is 2.22. The molecule has 2 heterocycles. The summed E-state index contributed by atoms with van der Waals surface area (Å²) in [6.45, 7) is 1.76. The lowest BCUT2D eigenvalue weighted by Gasteiger charge is -2.24. The number of H-pyrrole nitrogens is 1. The van der Waals surface area contributed by atoms with Gasteiger partial charge >= 0.3 is 0 Å². The van der Waals surface area contributed by atoms with E-state index in [2.05, 4.69) is 34.6 Å². The van der Waals surface area contributed by atoms with Gasteiger partial charge in [0, 0.05) is 42.0 Å². The highest BCUT2D eigenvalue weighted by molar-refractivity contribution is 5.83. The number of hydrogen-bond acceptors (Lipinski definition) is 2. The van der Waals surface area contributed by atoms with Crippen molar-refractivity contribution in [3.8, 4) is 0 Å². The maximum Gasteiger partial charge on any atom is 0.0485 e. The summed E-state index contributed by atoms with van der Waals surface area (Å²) in [5.74, 6) is 0. The van der Waals surface area contributed by atoms with Crippen molar-refractivity contribution < 1.29 is 4.74 Å². The van der Waals surface area contributed by atoms with Crippen LogP contribution in [0.1, 0.15) is 12.8 Å². The number of fused-ring (bicyclic) bond motifs is 1. The van der Waals surface area contributed by atoms with Gasteiger partial charge in [-0.25, -0.2) is 0 Å². The predicted molar refractivity (Wildman–Crippen MR) is 65.8 cm³/mol. The number of aromatic amines is 1. The quantitative estimate of drug-likeness (QED) is 0.810. The average molecular weight is 216 g/mol. The smallest absolute Gasteiger partial charge is 0.0485 e. The molecule has 0 bridgehead atoms. The van der Waals surface area contributed by atoms with Gasteiger partial charge in [0.1, 0.15) is 0 Å². The minimum absolute atomic E-state index is 0.560. The second-order valence-corrected chi connectivity index (χ2v) is 4.31. The molecule has 0 saturated carbocycles. The summed E-state index contributed by atoms with van der Waals surface area (Å²) in [6.07, 6.45) is 4.18. The number of anilines is 1. The highest BCUT2D eigenvalue weighted by Crippen LogP contribution is 2.20. The van der Waals surface area contributed by atoms with E-state index in [1.54, 1.807) is 0 Å². The van der Waals surface area contributed by atoms with Crippen molar-refractivity contribution >= 4 is 16.6 Å². The standard InChI is InChI=1S/C13H16N2O/c1-2-13-10(3-6-14-13)9-12(1)15-11-4-7-16-8-5-11/h1-3,6,9,11,14-15H,4-5,7-8H2. The molecular weight excluding hydrogens is 200 g/mol. The maximum absolute atomic E-state index is 5.35. The van der Waals surface area contributed by atoms with Crippen molar-refractivity contribution in [2.24, 2.45) is 0 Å². The molecule has 1 aliphatic heterocycles. The topological polar surface area (TPSA) is 37.0 Å². The van der Waals surface area contributed by atoms with Crippen LogP contribution in [0, 0.1) is 0 Å². The van der Waals surface area contributed by atoms with Crippen LogP contribution in [0.5, 0.6) is 0 Å². The maximum atomic E-state index is 5.35. The van der Waals surface area contributed by atoms with Crippen LogP contribution in [-0.4, -0.2) is 24.2 Å². The van der Waals surface area contributed by atoms with Gasteiger partial charge in [0.25, 0.3) is 0 Å². The Balaban J connectivity index is 1.77. The Hall–Kier alpha value is -1.48. The summed E-state index contributed by atoms with van der Waals surface area (Å²) in [5, 5.41) is 4.83. The van der Waals surface area contributed by atoms with Gasteiger partial charge in [-0.05, 0) is 37.1 Å². The van der Waals surface area contributed by atoms with Crippen molar-refractivity contribution in [3.05, 3.63) is 30.5 Å². The van der Waals surface area contributed by atoms with Crippen LogP contribution < -0.4 is 5.32 Å². The molecule has 1 aromatic heterocycles. The molecule has 16 heavy (non-hydrogen) atoms. The number of nitrogens with one attached hydrogen (secondary N) is 2. The molecule has 0 aliphatic carbocycles. The molecule has 3 rings (SSSR count). The van der Waals surface area contributed by atoms with E-state index in [4.69, 9.17) is 4.74 Å². The normalized spacial score (nSPS) is 17.8. The Labute approximate surface area is 94.8 Å². The summed E-state index contributed by atoms with van der Waals surface area (Å²) in [4.78, 5) is 3.20. The van der Waals surface area contributed by atoms with E-state index >= 15 is 0 Å². The molecule has 3 nitrogen and oxygen atoms in total. The third kappa shape index (κ3) is 1.91. The van der Waals surface area contributed by atoms with Gasteiger partial charge in [-0.1, -0.05) is 0 Å². The minimum atomic E-state index is 0.560. The summed E-state index contributed by atoms with van der Waals surface area (Å²) >= 11 is 0. The van der Waals surface area contributed by atoms with Crippen LogP contribution in [0.4, 0.5) is 5.69 Å². The number of aromatic nitrogens is 1. The zero-order valence-electron chi connectivity index (χ0n) is 9.20. The third-order valence-corrected chi connectivity index (χ3v) is 3.15. The second kappa shape index (κ2) is 4.18. The van der Waals surface area contributed by atoms with Crippen molar-refractivity contribution in [1.29, 1.82) is 0 Å². The van der Waals surface area contributed by atoms with Gasteiger partial charge in [0.2, 0.25) is 0 Å². The predicted octanol–water partition coefficient (Wildman–Crippen LogP) is 2.76. The fourth-order valence-corrected chi connectivity index (χ4v) is 2.22. The molecule has 0 unspecified atom stereocenters. The van der Waals surface area contributed by atoms with Crippen molar-refractivity contribution in [3.63, 3.8) is 0 Å². The van der Waals surface area contributed by atoms with Crippen molar-refractivity contribution in [2.75, 3.05) is 18.5 Å². The van der Waals surface area contributed by atoms with Crippen LogP contribution >= 0.6 is 0 Å². The van der Waals surface area contributed by atoms with E-state index in [9.17, 15) is 0 Å². The van der Waals surface area contributed by atoms with Crippen LogP contribution in [-0.2, 0) is 4.74 Å². The Morgan fingerprint density at radius 1 is 1.19 bits per heavy atom. The third-order valence-electron chi connectivity index (χ3n) is 3.15. The molecule has 2 N–H and O–H groups in total. The largest absolute Gasteiger partial charge is 0.382 e. The van der Waals surface area contributed by atoms with Gasteiger partial charge in [0.15, 0.2) is 0 Å². The van der Waals surface area contributed by atoms with E-state index in [-0.39, 0.29) is 0 Å². The molecule has 1 aliphatic rings. The molecule has 0 atom stereocenters. The van der Waals surface area contributed by atoms with Gasteiger partial charge < -0.3 is 15.0 Å². The summed E-state index contributed by atoms with van der Waals surface area (Å²) in [7, 11) is 0. The molecule has 2 aromatic rings. The van der Waals surface area contributed by atoms with Gasteiger partial charge in [-0.15, -0.1) is 0 Å². The Morgan fingerprint density at radius 3 is 2.94 bits per heavy atom. The molecule has 84 valence electrons. The summed E-state index contributed by atoms with van der Waals surface area (Å²) in [5.41, 5.74) is 2.40. The SMILES string of the molecule is c1cc2cc(NC3CCOCC3)ccc2[nH]1.